The van der Waals surface area contributed by atoms with E-state index in [4.69, 9.17) is 9.90 Å². The van der Waals surface area contributed by atoms with Gasteiger partial charge in [0.25, 0.3) is 0 Å². The van der Waals surface area contributed by atoms with E-state index in [0.29, 0.717) is 17.5 Å². The molecular formula is C22H36F3NO3. The summed E-state index contributed by atoms with van der Waals surface area (Å²) in [5.74, 6) is -1.18. The van der Waals surface area contributed by atoms with Crippen molar-refractivity contribution in [3.63, 3.8) is 0 Å². The van der Waals surface area contributed by atoms with Crippen LogP contribution in [0.3, 0.4) is 0 Å². The number of alkyl halides is 3. The lowest BCUT2D eigenvalue weighted by molar-refractivity contribution is -0.192. The van der Waals surface area contributed by atoms with Crippen molar-refractivity contribution in [2.24, 2.45) is 17.3 Å². The Bertz CT molecular complexity index is 599. The van der Waals surface area contributed by atoms with E-state index in [9.17, 15) is 18.3 Å². The molecule has 4 atom stereocenters. The Kier molecular flexibility index (Phi) is 7.48. The zero-order chi connectivity index (χ0) is 22.0. The number of aliphatic carboxylic acids is 1. The third-order valence-electron chi connectivity index (χ3n) is 6.92. The van der Waals surface area contributed by atoms with E-state index >= 15 is 0 Å². The maximum Gasteiger partial charge on any atom is 0.490 e. The lowest BCUT2D eigenvalue weighted by atomic mass is 9.46. The van der Waals surface area contributed by atoms with Crippen LogP contribution in [0.15, 0.2) is 11.6 Å². The number of rotatable bonds is 6. The highest BCUT2D eigenvalue weighted by Crippen LogP contribution is 2.62. The number of hydrogen-bond donors (Lipinski definition) is 3. The Hall–Kier alpha value is -1.08. The second kappa shape index (κ2) is 8.96. The molecule has 0 radical (unpaired) electrons. The molecule has 29 heavy (non-hydrogen) atoms. The summed E-state index contributed by atoms with van der Waals surface area (Å²) in [6.45, 7) is 9.06. The van der Waals surface area contributed by atoms with Gasteiger partial charge in [0.1, 0.15) is 0 Å². The molecule has 4 saturated carbocycles. The monoisotopic (exact) mass is 419 g/mol. The van der Waals surface area contributed by atoms with Gasteiger partial charge >= 0.3 is 12.1 Å². The first-order valence-corrected chi connectivity index (χ1v) is 10.7. The number of carbonyl (C=O) groups is 1. The summed E-state index contributed by atoms with van der Waals surface area (Å²) < 4.78 is 31.7. The lowest BCUT2D eigenvalue weighted by Gasteiger charge is -2.62. The summed E-state index contributed by atoms with van der Waals surface area (Å²) in [5, 5.41) is 21.9. The van der Waals surface area contributed by atoms with E-state index in [0.717, 1.165) is 31.1 Å². The molecule has 0 heterocycles. The Balaban J connectivity index is 0.000000370. The van der Waals surface area contributed by atoms with E-state index in [2.05, 4.69) is 39.1 Å². The molecule has 4 unspecified atom stereocenters. The van der Waals surface area contributed by atoms with Crippen LogP contribution in [0.4, 0.5) is 13.2 Å². The van der Waals surface area contributed by atoms with Gasteiger partial charge in [-0.2, -0.15) is 13.2 Å². The van der Waals surface area contributed by atoms with Crippen LogP contribution in [0.1, 0.15) is 79.1 Å². The van der Waals surface area contributed by atoms with Crippen molar-refractivity contribution in [3.8, 4) is 0 Å². The van der Waals surface area contributed by atoms with E-state index in [1.165, 1.54) is 37.7 Å². The van der Waals surface area contributed by atoms with Crippen LogP contribution < -0.4 is 5.32 Å². The quantitative estimate of drug-likeness (QED) is 0.526. The third kappa shape index (κ3) is 6.45. The number of hydrogen-bond acceptors (Lipinski definition) is 3. The number of allylic oxidation sites excluding steroid dienone is 2. The first-order chi connectivity index (χ1) is 13.2. The summed E-state index contributed by atoms with van der Waals surface area (Å²) in [6.07, 6.45) is 6.92. The molecule has 0 aromatic rings. The molecule has 4 aliphatic rings. The topological polar surface area (TPSA) is 69.6 Å². The fraction of sp³-hybridized carbons (Fsp3) is 0.864. The minimum Gasteiger partial charge on any atom is -0.475 e. The van der Waals surface area contributed by atoms with Gasteiger partial charge in [-0.3, -0.25) is 0 Å². The van der Waals surface area contributed by atoms with Crippen molar-refractivity contribution < 1.29 is 28.2 Å². The summed E-state index contributed by atoms with van der Waals surface area (Å²) in [6, 6.07) is 1.10. The Morgan fingerprint density at radius 1 is 1.17 bits per heavy atom. The molecule has 4 bridgehead atoms. The van der Waals surface area contributed by atoms with E-state index in [1.807, 2.05) is 0 Å². The average molecular weight is 420 g/mol. The normalized spacial score (nSPS) is 34.8. The molecule has 4 fully saturated rings. The van der Waals surface area contributed by atoms with Crippen LogP contribution in [0.5, 0.6) is 0 Å². The summed E-state index contributed by atoms with van der Waals surface area (Å²) in [5.41, 5.74) is 1.46. The predicted molar refractivity (Wildman–Crippen MR) is 106 cm³/mol. The minimum absolute atomic E-state index is 0.328. The second-order valence-corrected chi connectivity index (χ2v) is 10.00. The van der Waals surface area contributed by atoms with Gasteiger partial charge < -0.3 is 15.5 Å². The van der Waals surface area contributed by atoms with Gasteiger partial charge in [0.05, 0.1) is 5.60 Å². The maximum absolute atomic E-state index is 10.9. The molecule has 4 aliphatic carbocycles. The van der Waals surface area contributed by atoms with Crippen molar-refractivity contribution in [1.82, 2.24) is 5.32 Å². The summed E-state index contributed by atoms with van der Waals surface area (Å²) >= 11 is 0. The van der Waals surface area contributed by atoms with Gasteiger partial charge in [-0.05, 0) is 96.3 Å². The number of carboxylic acid groups (broad SMARTS) is 1. The van der Waals surface area contributed by atoms with Crippen LogP contribution >= 0.6 is 0 Å². The highest BCUT2D eigenvalue weighted by molar-refractivity contribution is 5.73. The molecule has 168 valence electrons. The van der Waals surface area contributed by atoms with Gasteiger partial charge in [-0.15, -0.1) is 0 Å². The molecule has 0 aliphatic heterocycles. The SMILES string of the molecule is CC(C)=CCCC(C)NC(C)C12CC3CC(CC(O)(C3)C1)C2.O=C(O)C(F)(F)F. The maximum atomic E-state index is 10.9. The van der Waals surface area contributed by atoms with Gasteiger partial charge in [0.15, 0.2) is 0 Å². The van der Waals surface area contributed by atoms with E-state index < -0.39 is 12.1 Å². The zero-order valence-corrected chi connectivity index (χ0v) is 18.0. The number of nitrogens with one attached hydrogen (secondary N) is 1. The second-order valence-electron chi connectivity index (χ2n) is 10.00. The Morgan fingerprint density at radius 3 is 2.10 bits per heavy atom. The first-order valence-electron chi connectivity index (χ1n) is 10.7. The number of carboxylic acids is 1. The van der Waals surface area contributed by atoms with Crippen LogP contribution in [0, 0.1) is 17.3 Å². The molecule has 7 heteroatoms. The fourth-order valence-electron chi connectivity index (χ4n) is 6.10. The zero-order valence-electron chi connectivity index (χ0n) is 18.0. The lowest BCUT2D eigenvalue weighted by Crippen LogP contribution is -2.61. The van der Waals surface area contributed by atoms with Crippen molar-refractivity contribution >= 4 is 5.97 Å². The van der Waals surface area contributed by atoms with Crippen LogP contribution in [0.25, 0.3) is 0 Å². The van der Waals surface area contributed by atoms with Crippen LogP contribution in [-0.4, -0.2) is 40.0 Å². The molecule has 4 rings (SSSR count). The van der Waals surface area contributed by atoms with Crippen molar-refractivity contribution in [2.75, 3.05) is 0 Å². The van der Waals surface area contributed by atoms with Gasteiger partial charge in [0.2, 0.25) is 0 Å². The van der Waals surface area contributed by atoms with Gasteiger partial charge in [0, 0.05) is 12.1 Å². The first kappa shape index (κ1) is 24.2. The smallest absolute Gasteiger partial charge is 0.475 e. The van der Waals surface area contributed by atoms with Gasteiger partial charge in [-0.25, -0.2) is 4.79 Å². The largest absolute Gasteiger partial charge is 0.490 e. The molecule has 0 saturated heterocycles. The average Bonchev–Trinajstić information content (AvgIpc) is 2.51. The summed E-state index contributed by atoms with van der Waals surface area (Å²) in [7, 11) is 0. The molecule has 4 nitrogen and oxygen atoms in total. The van der Waals surface area contributed by atoms with E-state index in [-0.39, 0.29) is 5.60 Å². The molecule has 0 spiro atoms. The van der Waals surface area contributed by atoms with Crippen molar-refractivity contribution in [2.45, 2.75) is 103 Å². The third-order valence-corrected chi connectivity index (χ3v) is 6.92. The Labute approximate surface area is 171 Å². The van der Waals surface area contributed by atoms with Crippen molar-refractivity contribution in [3.05, 3.63) is 11.6 Å². The van der Waals surface area contributed by atoms with E-state index in [1.54, 1.807) is 0 Å². The highest BCUT2D eigenvalue weighted by atomic mass is 19.4. The van der Waals surface area contributed by atoms with Gasteiger partial charge in [-0.1, -0.05) is 11.6 Å². The molecular weight excluding hydrogens is 383 g/mol. The Morgan fingerprint density at radius 2 is 1.69 bits per heavy atom. The van der Waals surface area contributed by atoms with Crippen LogP contribution in [0.2, 0.25) is 0 Å². The molecule has 0 aromatic carbocycles. The highest BCUT2D eigenvalue weighted by Gasteiger charge is 2.58. The number of halogens is 3. The van der Waals surface area contributed by atoms with Crippen molar-refractivity contribution in [1.29, 1.82) is 0 Å². The number of aliphatic hydroxyl groups is 1. The molecule has 3 N–H and O–H groups in total. The fourth-order valence-corrected chi connectivity index (χ4v) is 6.10. The predicted octanol–water partition coefficient (Wildman–Crippen LogP) is 5.06. The van der Waals surface area contributed by atoms with Crippen LogP contribution in [-0.2, 0) is 4.79 Å². The summed E-state index contributed by atoms with van der Waals surface area (Å²) in [4.78, 5) is 8.90. The minimum atomic E-state index is -5.08. The molecule has 0 aromatic heterocycles. The molecule has 0 amide bonds. The standard InChI is InChI=1S/C20H35NO.C2HF3O2/c1-14(2)6-5-7-15(3)21-16(4)19-9-17-8-18(10-19)12-20(22,11-17)13-19;3-2(4,5)1(6)7/h6,15-18,21-22H,5,7-13H2,1-4H3;(H,6,7).